The second-order valence-corrected chi connectivity index (χ2v) is 9.57. The molecule has 0 radical (unpaired) electrons. The van der Waals surface area contributed by atoms with Crippen molar-refractivity contribution < 1.29 is 29.0 Å². The van der Waals surface area contributed by atoms with E-state index in [0.717, 1.165) is 0 Å². The molecule has 202 valence electrons. The number of nitrogens with one attached hydrogen (secondary N) is 4. The van der Waals surface area contributed by atoms with Crippen LogP contribution in [0.4, 0.5) is 10.1 Å². The molecule has 3 rings (SSSR count). The Balaban J connectivity index is 1.64. The van der Waals surface area contributed by atoms with Crippen molar-refractivity contribution in [1.29, 1.82) is 5.26 Å². The molecule has 2 amide bonds. The first-order valence-electron chi connectivity index (χ1n) is 11.9. The Hall–Kier alpha value is -4.31. The number of guanidine groups is 1. The van der Waals surface area contributed by atoms with E-state index in [4.69, 9.17) is 0 Å². The topological polar surface area (TPSA) is 189 Å². The van der Waals surface area contributed by atoms with Gasteiger partial charge < -0.3 is 31.5 Å². The summed E-state index contributed by atoms with van der Waals surface area (Å²) < 4.78 is 13.2. The van der Waals surface area contributed by atoms with Crippen molar-refractivity contribution in [1.82, 2.24) is 20.9 Å². The lowest BCUT2D eigenvalue weighted by Gasteiger charge is -2.31. The Labute approximate surface area is 218 Å². The smallest absolute Gasteiger partial charge is 0.305 e. The summed E-state index contributed by atoms with van der Waals surface area (Å²) in [5.41, 5.74) is 0.156. The predicted molar refractivity (Wildman–Crippen MR) is 136 cm³/mol. The van der Waals surface area contributed by atoms with E-state index in [-0.39, 0.29) is 25.1 Å². The average Bonchev–Trinajstić information content (AvgIpc) is 2.87. The molecule has 0 aromatic carbocycles. The van der Waals surface area contributed by atoms with Gasteiger partial charge in [0.25, 0.3) is 5.91 Å². The monoisotopic (exact) mass is 527 g/mol. The quantitative estimate of drug-likeness (QED) is 0.268. The number of carboxylic acids is 1. The molecule has 1 aliphatic heterocycles. The number of allylic oxidation sites excluding steroid dienone is 1. The van der Waals surface area contributed by atoms with Gasteiger partial charge in [-0.25, -0.2) is 9.38 Å². The highest BCUT2D eigenvalue weighted by molar-refractivity contribution is 5.99. The number of nitriles is 1. The predicted octanol–water partition coefficient (Wildman–Crippen LogP) is 0.647. The number of carboxylic acid groups (broad SMARTS) is 1. The molecule has 3 atom stereocenters. The van der Waals surface area contributed by atoms with Crippen LogP contribution in [0.3, 0.4) is 0 Å². The summed E-state index contributed by atoms with van der Waals surface area (Å²) in [6, 6.07) is 2.54. The van der Waals surface area contributed by atoms with Gasteiger partial charge in [0.05, 0.1) is 61.2 Å². The van der Waals surface area contributed by atoms with Crippen molar-refractivity contribution in [3.05, 3.63) is 47.3 Å². The van der Waals surface area contributed by atoms with Crippen molar-refractivity contribution in [2.24, 2.45) is 10.9 Å². The summed E-state index contributed by atoms with van der Waals surface area (Å²) in [5.74, 6) is -2.52. The number of hydrogen-bond donors (Lipinski definition) is 6. The Morgan fingerprint density at radius 3 is 2.74 bits per heavy atom. The summed E-state index contributed by atoms with van der Waals surface area (Å²) in [6.07, 6.45) is 4.69. The lowest BCUT2D eigenvalue weighted by Crippen LogP contribution is -2.44. The van der Waals surface area contributed by atoms with Gasteiger partial charge in [0.2, 0.25) is 5.91 Å². The Kier molecular flexibility index (Phi) is 9.14. The summed E-state index contributed by atoms with van der Waals surface area (Å²) >= 11 is 0. The molecule has 12 nitrogen and oxygen atoms in total. The number of carbonyl (C=O) groups is 3. The number of aromatic nitrogens is 1. The maximum atomic E-state index is 13.2. The Morgan fingerprint density at radius 2 is 2.11 bits per heavy atom. The van der Waals surface area contributed by atoms with Crippen LogP contribution in [0, 0.1) is 17.2 Å². The number of hydrogen-bond acceptors (Lipinski definition) is 9. The fourth-order valence-corrected chi connectivity index (χ4v) is 3.89. The molecule has 1 aromatic rings. The third kappa shape index (κ3) is 8.10. The average molecular weight is 528 g/mol. The zero-order valence-corrected chi connectivity index (χ0v) is 21.0. The molecule has 0 fully saturated rings. The maximum absolute atomic E-state index is 13.2. The zero-order valence-electron chi connectivity index (χ0n) is 21.0. The van der Waals surface area contributed by atoms with Crippen LogP contribution in [0.15, 0.2) is 46.8 Å². The number of aliphatic carboxylic acids is 1. The number of aliphatic hydroxyl groups is 1. The summed E-state index contributed by atoms with van der Waals surface area (Å²) in [7, 11) is 0. The minimum absolute atomic E-state index is 0.0177. The second kappa shape index (κ2) is 12.3. The first kappa shape index (κ1) is 28.3. The number of pyridine rings is 1. The number of aliphatic imine (C=N–C) groups is 1. The van der Waals surface area contributed by atoms with Crippen molar-refractivity contribution >= 4 is 29.4 Å². The van der Waals surface area contributed by atoms with Crippen molar-refractivity contribution in [3.63, 3.8) is 0 Å². The molecule has 2 aliphatic rings. The number of anilines is 1. The van der Waals surface area contributed by atoms with Crippen molar-refractivity contribution in [2.45, 2.75) is 44.5 Å². The lowest BCUT2D eigenvalue weighted by molar-refractivity contribution is -0.137. The maximum Gasteiger partial charge on any atom is 0.305 e. The van der Waals surface area contributed by atoms with E-state index in [1.54, 1.807) is 19.9 Å². The summed E-state index contributed by atoms with van der Waals surface area (Å²) in [6.45, 7) is 2.86. The largest absolute Gasteiger partial charge is 0.481 e. The number of carbonyl (C=O) groups excluding carboxylic acids is 2. The van der Waals surface area contributed by atoms with Crippen LogP contribution in [0.5, 0.6) is 0 Å². The first-order valence-corrected chi connectivity index (χ1v) is 11.9. The van der Waals surface area contributed by atoms with E-state index in [0.29, 0.717) is 22.8 Å². The van der Waals surface area contributed by atoms with Gasteiger partial charge >= 0.3 is 5.97 Å². The number of alkyl halides is 1. The van der Waals surface area contributed by atoms with Crippen LogP contribution in [-0.4, -0.2) is 76.4 Å². The molecule has 6 N–H and O–H groups in total. The Bertz CT molecular complexity index is 1220. The summed E-state index contributed by atoms with van der Waals surface area (Å²) in [5, 5.41) is 39.9. The number of nitrogens with zero attached hydrogens (tertiary/aromatic N) is 3. The van der Waals surface area contributed by atoms with Gasteiger partial charge in [-0.2, -0.15) is 5.26 Å². The third-order valence-corrected chi connectivity index (χ3v) is 5.95. The van der Waals surface area contributed by atoms with Gasteiger partial charge in [0.1, 0.15) is 6.17 Å². The van der Waals surface area contributed by atoms with Crippen LogP contribution < -0.4 is 21.3 Å². The number of amides is 2. The normalized spacial score (nSPS) is 19.9. The van der Waals surface area contributed by atoms with E-state index in [9.17, 15) is 34.2 Å². The minimum Gasteiger partial charge on any atom is -0.481 e. The lowest BCUT2D eigenvalue weighted by atomic mass is 9.79. The highest BCUT2D eigenvalue weighted by Crippen LogP contribution is 2.32. The van der Waals surface area contributed by atoms with Crippen LogP contribution in [0.1, 0.15) is 37.0 Å². The fourth-order valence-electron chi connectivity index (χ4n) is 3.89. The van der Waals surface area contributed by atoms with Crippen LogP contribution in [-0.2, 0) is 9.59 Å². The number of halogens is 1. The zero-order chi connectivity index (χ0) is 27.9. The van der Waals surface area contributed by atoms with Gasteiger partial charge in [-0.1, -0.05) is 6.08 Å². The highest BCUT2D eigenvalue weighted by Gasteiger charge is 2.31. The van der Waals surface area contributed by atoms with E-state index in [2.05, 4.69) is 31.2 Å². The minimum atomic E-state index is -1.17. The van der Waals surface area contributed by atoms with Gasteiger partial charge in [-0.05, 0) is 38.0 Å². The molecule has 1 aromatic heterocycles. The molecule has 2 heterocycles. The van der Waals surface area contributed by atoms with Crippen LogP contribution in [0.25, 0.3) is 0 Å². The molecular formula is C25H30FN7O5. The molecule has 0 bridgehead atoms. The van der Waals surface area contributed by atoms with Crippen LogP contribution in [0.2, 0.25) is 0 Å². The van der Waals surface area contributed by atoms with Gasteiger partial charge in [-0.3, -0.25) is 19.4 Å². The highest BCUT2D eigenvalue weighted by atomic mass is 19.1. The van der Waals surface area contributed by atoms with Gasteiger partial charge in [0.15, 0.2) is 5.96 Å². The van der Waals surface area contributed by atoms with Gasteiger partial charge in [-0.15, -0.1) is 0 Å². The number of rotatable bonds is 9. The first-order chi connectivity index (χ1) is 17.9. The fraction of sp³-hybridized carbons (Fsp3) is 0.440. The SMILES string of the molecule is CC(C)(O)C1C=C([C@H](CC(=O)O)NC(=O)CNC(=O)c2cncc(NC3=NCC(F)CN3)c2)C=C(C#N)C1. The van der Waals surface area contributed by atoms with Crippen molar-refractivity contribution in [3.8, 4) is 6.07 Å². The van der Waals surface area contributed by atoms with E-state index < -0.39 is 54.5 Å². The molecule has 0 spiro atoms. The molecule has 1 aliphatic carbocycles. The standard InChI is InChI=1S/C25H30FN7O5/c1-25(2,38)17-4-14(8-27)3-15(5-17)20(7-22(35)36)33-21(34)13-29-23(37)16-6-19(12-28-9-16)32-24-30-10-18(26)11-31-24/h3,5-6,9,12,17-18,20,38H,4,7,10-11,13H2,1-2H3,(H,29,37)(H,33,34)(H,35,36)(H2,30,31,32)/t17?,20-/m0/s1. The molecule has 0 saturated carbocycles. The summed E-state index contributed by atoms with van der Waals surface area (Å²) in [4.78, 5) is 44.7. The van der Waals surface area contributed by atoms with E-state index in [1.807, 2.05) is 6.07 Å². The Morgan fingerprint density at radius 1 is 1.34 bits per heavy atom. The second-order valence-electron chi connectivity index (χ2n) is 9.57. The molecule has 0 saturated heterocycles. The molecule has 13 heteroatoms. The van der Waals surface area contributed by atoms with Gasteiger partial charge in [0, 0.05) is 17.7 Å². The molecule has 2 unspecified atom stereocenters. The van der Waals surface area contributed by atoms with Crippen LogP contribution >= 0.6 is 0 Å². The third-order valence-electron chi connectivity index (χ3n) is 5.95. The molecule has 38 heavy (non-hydrogen) atoms. The van der Waals surface area contributed by atoms with Crippen molar-refractivity contribution in [2.75, 3.05) is 25.0 Å². The molecular weight excluding hydrogens is 497 g/mol. The van der Waals surface area contributed by atoms with E-state index in [1.165, 1.54) is 24.5 Å². The van der Waals surface area contributed by atoms with E-state index >= 15 is 0 Å².